The van der Waals surface area contributed by atoms with Crippen molar-refractivity contribution in [3.63, 3.8) is 0 Å². The second-order valence-corrected chi connectivity index (χ2v) is 6.26. The number of nitro groups is 1. The SMILES string of the molecule is CCc1nn(C)c(NCC2CCCN2c2cc(NC)ncn2)c1[N+](=O)[O-]. The van der Waals surface area contributed by atoms with E-state index in [9.17, 15) is 10.1 Å². The van der Waals surface area contributed by atoms with Crippen LogP contribution < -0.4 is 15.5 Å². The Labute approximate surface area is 151 Å². The fraction of sp³-hybridized carbons (Fsp3) is 0.562. The fourth-order valence-corrected chi connectivity index (χ4v) is 3.40. The Balaban J connectivity index is 1.77. The van der Waals surface area contributed by atoms with Gasteiger partial charge < -0.3 is 15.5 Å². The number of rotatable bonds is 7. The number of nitrogens with zero attached hydrogens (tertiary/aromatic N) is 6. The average molecular weight is 360 g/mol. The van der Waals surface area contributed by atoms with Gasteiger partial charge in [0.25, 0.3) is 0 Å². The molecular formula is C16H24N8O2. The van der Waals surface area contributed by atoms with Gasteiger partial charge in [0, 0.05) is 39.3 Å². The van der Waals surface area contributed by atoms with Crippen LogP contribution in [0.4, 0.5) is 23.1 Å². The predicted molar refractivity (Wildman–Crippen MR) is 99.7 cm³/mol. The highest BCUT2D eigenvalue weighted by Gasteiger charge is 2.29. The fourth-order valence-electron chi connectivity index (χ4n) is 3.40. The Morgan fingerprint density at radius 2 is 2.23 bits per heavy atom. The molecule has 1 fully saturated rings. The largest absolute Gasteiger partial charge is 0.373 e. The second-order valence-electron chi connectivity index (χ2n) is 6.26. The van der Waals surface area contributed by atoms with Gasteiger partial charge in [0.05, 0.1) is 4.92 Å². The number of hydrogen-bond donors (Lipinski definition) is 2. The van der Waals surface area contributed by atoms with Crippen molar-refractivity contribution in [1.29, 1.82) is 0 Å². The molecule has 140 valence electrons. The quantitative estimate of drug-likeness (QED) is 0.567. The number of aryl methyl sites for hydroxylation is 2. The molecule has 0 saturated carbocycles. The summed E-state index contributed by atoms with van der Waals surface area (Å²) in [7, 11) is 3.55. The van der Waals surface area contributed by atoms with Crippen molar-refractivity contribution in [2.45, 2.75) is 32.2 Å². The van der Waals surface area contributed by atoms with Gasteiger partial charge in [-0.05, 0) is 19.3 Å². The lowest BCUT2D eigenvalue weighted by Gasteiger charge is -2.26. The molecule has 1 aliphatic rings. The zero-order valence-electron chi connectivity index (χ0n) is 15.3. The topological polar surface area (TPSA) is 114 Å². The van der Waals surface area contributed by atoms with E-state index in [1.165, 1.54) is 0 Å². The van der Waals surface area contributed by atoms with Gasteiger partial charge in [-0.15, -0.1) is 0 Å². The van der Waals surface area contributed by atoms with Gasteiger partial charge in [0.1, 0.15) is 23.7 Å². The number of nitrogens with one attached hydrogen (secondary N) is 2. The number of anilines is 3. The van der Waals surface area contributed by atoms with Crippen LogP contribution >= 0.6 is 0 Å². The Morgan fingerprint density at radius 1 is 1.42 bits per heavy atom. The molecule has 26 heavy (non-hydrogen) atoms. The third kappa shape index (κ3) is 3.39. The van der Waals surface area contributed by atoms with Crippen molar-refractivity contribution in [3.8, 4) is 0 Å². The van der Waals surface area contributed by atoms with Crippen molar-refractivity contribution < 1.29 is 4.92 Å². The van der Waals surface area contributed by atoms with Gasteiger partial charge in [-0.3, -0.25) is 10.1 Å². The lowest BCUT2D eigenvalue weighted by atomic mass is 10.2. The first-order chi connectivity index (χ1) is 12.5. The molecule has 2 aromatic rings. The summed E-state index contributed by atoms with van der Waals surface area (Å²) in [5.41, 5.74) is 0.566. The zero-order valence-corrected chi connectivity index (χ0v) is 15.3. The van der Waals surface area contributed by atoms with Crippen molar-refractivity contribution in [2.24, 2.45) is 7.05 Å². The van der Waals surface area contributed by atoms with Crippen LogP contribution in [0.1, 0.15) is 25.5 Å². The summed E-state index contributed by atoms with van der Waals surface area (Å²) in [6.45, 7) is 3.36. The molecule has 0 radical (unpaired) electrons. The Hall–Kier alpha value is -2.91. The van der Waals surface area contributed by atoms with Crippen LogP contribution in [0, 0.1) is 10.1 Å². The lowest BCUT2D eigenvalue weighted by molar-refractivity contribution is -0.384. The van der Waals surface area contributed by atoms with Gasteiger partial charge in [-0.25, -0.2) is 14.6 Å². The van der Waals surface area contributed by atoms with Crippen LogP contribution in [0.3, 0.4) is 0 Å². The van der Waals surface area contributed by atoms with Crippen molar-refractivity contribution in [1.82, 2.24) is 19.7 Å². The zero-order chi connectivity index (χ0) is 18.7. The standard InChI is InChI=1S/C16H24N8O2/c1-4-12-15(24(25)26)16(22(3)21-12)18-9-11-6-5-7-23(11)14-8-13(17-2)19-10-20-14/h8,10-11,18H,4-7,9H2,1-3H3,(H,17,19,20). The average Bonchev–Trinajstić information content (AvgIpc) is 3.23. The number of aromatic nitrogens is 4. The van der Waals surface area contributed by atoms with Crippen LogP contribution in [0.5, 0.6) is 0 Å². The van der Waals surface area contributed by atoms with Crippen LogP contribution in [-0.4, -0.2) is 50.9 Å². The molecule has 0 aromatic carbocycles. The van der Waals surface area contributed by atoms with Gasteiger partial charge in [-0.1, -0.05) is 6.92 Å². The van der Waals surface area contributed by atoms with E-state index in [0.29, 0.717) is 24.5 Å². The molecule has 1 aliphatic heterocycles. The maximum absolute atomic E-state index is 11.4. The minimum Gasteiger partial charge on any atom is -0.373 e. The van der Waals surface area contributed by atoms with Crippen molar-refractivity contribution in [3.05, 3.63) is 28.2 Å². The highest BCUT2D eigenvalue weighted by Crippen LogP contribution is 2.30. The molecule has 2 N–H and O–H groups in total. The van der Waals surface area contributed by atoms with Gasteiger partial charge >= 0.3 is 5.69 Å². The summed E-state index contributed by atoms with van der Waals surface area (Å²) in [6, 6.07) is 2.12. The van der Waals surface area contributed by atoms with E-state index >= 15 is 0 Å². The Bertz CT molecular complexity index is 791. The minimum absolute atomic E-state index is 0.0686. The molecule has 3 rings (SSSR count). The molecule has 2 aromatic heterocycles. The smallest absolute Gasteiger partial charge is 0.333 e. The van der Waals surface area contributed by atoms with E-state index in [1.807, 2.05) is 20.0 Å². The van der Waals surface area contributed by atoms with Crippen LogP contribution in [-0.2, 0) is 13.5 Å². The van der Waals surface area contributed by atoms with Gasteiger partial charge in [0.2, 0.25) is 5.82 Å². The molecule has 10 heteroatoms. The summed E-state index contributed by atoms with van der Waals surface area (Å²) in [4.78, 5) is 21.8. The van der Waals surface area contributed by atoms with Crippen LogP contribution in [0.25, 0.3) is 0 Å². The third-order valence-corrected chi connectivity index (χ3v) is 4.69. The molecule has 0 spiro atoms. The summed E-state index contributed by atoms with van der Waals surface area (Å²) in [6.07, 6.45) is 4.12. The van der Waals surface area contributed by atoms with Gasteiger partial charge in [-0.2, -0.15) is 5.10 Å². The van der Waals surface area contributed by atoms with Crippen molar-refractivity contribution in [2.75, 3.05) is 35.7 Å². The lowest BCUT2D eigenvalue weighted by Crippen LogP contribution is -2.36. The molecular weight excluding hydrogens is 336 g/mol. The van der Waals surface area contributed by atoms with E-state index in [1.54, 1.807) is 18.1 Å². The minimum atomic E-state index is -0.357. The summed E-state index contributed by atoms with van der Waals surface area (Å²) in [5.74, 6) is 2.09. The Kier molecular flexibility index (Phi) is 5.19. The van der Waals surface area contributed by atoms with E-state index in [0.717, 1.165) is 31.0 Å². The summed E-state index contributed by atoms with van der Waals surface area (Å²) in [5, 5.41) is 22.0. The first-order valence-electron chi connectivity index (χ1n) is 8.75. The highest BCUT2D eigenvalue weighted by molar-refractivity contribution is 5.60. The highest BCUT2D eigenvalue weighted by atomic mass is 16.6. The predicted octanol–water partition coefficient (Wildman–Crippen LogP) is 1.80. The van der Waals surface area contributed by atoms with Gasteiger partial charge in [0.15, 0.2) is 0 Å². The van der Waals surface area contributed by atoms with E-state index in [2.05, 4.69) is 30.6 Å². The molecule has 1 unspecified atom stereocenters. The molecule has 3 heterocycles. The maximum Gasteiger partial charge on any atom is 0.333 e. The number of hydrogen-bond acceptors (Lipinski definition) is 8. The van der Waals surface area contributed by atoms with Crippen LogP contribution in [0.2, 0.25) is 0 Å². The monoisotopic (exact) mass is 360 g/mol. The first kappa shape index (κ1) is 17.9. The first-order valence-corrected chi connectivity index (χ1v) is 8.75. The summed E-state index contributed by atoms with van der Waals surface area (Å²) < 4.78 is 1.56. The third-order valence-electron chi connectivity index (χ3n) is 4.69. The van der Waals surface area contributed by atoms with Crippen molar-refractivity contribution >= 4 is 23.1 Å². The summed E-state index contributed by atoms with van der Waals surface area (Å²) >= 11 is 0. The van der Waals surface area contributed by atoms with Crippen LogP contribution in [0.15, 0.2) is 12.4 Å². The normalized spacial score (nSPS) is 16.7. The Morgan fingerprint density at radius 3 is 2.92 bits per heavy atom. The molecule has 10 nitrogen and oxygen atoms in total. The van der Waals surface area contributed by atoms with E-state index < -0.39 is 0 Å². The van der Waals surface area contributed by atoms with E-state index in [4.69, 9.17) is 0 Å². The molecule has 0 aliphatic carbocycles. The molecule has 0 bridgehead atoms. The molecule has 1 saturated heterocycles. The molecule has 1 atom stereocenters. The second kappa shape index (κ2) is 7.54. The van der Waals surface area contributed by atoms with E-state index in [-0.39, 0.29) is 16.7 Å². The maximum atomic E-state index is 11.4. The molecule has 0 amide bonds.